The Kier molecular flexibility index (Phi) is 40.2. The van der Waals surface area contributed by atoms with Gasteiger partial charge in [0.15, 0.2) is 0 Å². The lowest BCUT2D eigenvalue weighted by Crippen LogP contribution is -1.85. The lowest BCUT2D eigenvalue weighted by atomic mass is 10.0. The van der Waals surface area contributed by atoms with E-state index in [0.717, 1.165) is 0 Å². The molecule has 1 saturated carbocycles. The molecule has 0 atom stereocenters. The van der Waals surface area contributed by atoms with Crippen molar-refractivity contribution in [2.24, 2.45) is 0 Å². The summed E-state index contributed by atoms with van der Waals surface area (Å²) in [6, 6.07) is 0. The molecule has 0 heteroatoms. The van der Waals surface area contributed by atoms with Crippen molar-refractivity contribution >= 4 is 0 Å². The average Bonchev–Trinajstić information content (AvgIpc) is 2.36. The molecule has 0 radical (unpaired) electrons. The van der Waals surface area contributed by atoms with Crippen molar-refractivity contribution in [1.29, 1.82) is 0 Å². The summed E-state index contributed by atoms with van der Waals surface area (Å²) in [5.74, 6) is 5.36. The minimum atomic E-state index is 1.50. The van der Waals surface area contributed by atoms with Gasteiger partial charge in [-0.25, -0.2) is 0 Å². The number of hydrogen-bond acceptors (Lipinski definition) is 0. The SMILES string of the molecule is C1CCCCC1.CC.CC.CC#CC. The van der Waals surface area contributed by atoms with Crippen LogP contribution >= 0.6 is 0 Å². The molecular formula is C14H30. The van der Waals surface area contributed by atoms with Crippen molar-refractivity contribution in [1.82, 2.24) is 0 Å². The van der Waals surface area contributed by atoms with E-state index in [-0.39, 0.29) is 0 Å². The molecule has 0 spiro atoms. The maximum Gasteiger partial charge on any atom is -0.00271 e. The molecule has 0 aliphatic heterocycles. The van der Waals surface area contributed by atoms with E-state index in [1.54, 1.807) is 0 Å². The van der Waals surface area contributed by atoms with Gasteiger partial charge in [-0.1, -0.05) is 66.2 Å². The summed E-state index contributed by atoms with van der Waals surface area (Å²) < 4.78 is 0. The van der Waals surface area contributed by atoms with Gasteiger partial charge in [-0.2, -0.15) is 0 Å². The highest BCUT2D eigenvalue weighted by molar-refractivity contribution is 4.89. The van der Waals surface area contributed by atoms with Gasteiger partial charge in [0.25, 0.3) is 0 Å². The zero-order valence-electron chi connectivity index (χ0n) is 11.2. The van der Waals surface area contributed by atoms with Gasteiger partial charge < -0.3 is 0 Å². The van der Waals surface area contributed by atoms with Crippen LogP contribution in [0.5, 0.6) is 0 Å². The van der Waals surface area contributed by atoms with Crippen molar-refractivity contribution in [2.45, 2.75) is 80.1 Å². The Morgan fingerprint density at radius 2 is 0.643 bits per heavy atom. The molecule has 0 saturated heterocycles. The summed E-state index contributed by atoms with van der Waals surface area (Å²) in [6.07, 6.45) is 9.00. The summed E-state index contributed by atoms with van der Waals surface area (Å²) in [5.41, 5.74) is 0. The molecule has 0 heterocycles. The molecule has 1 fully saturated rings. The highest BCUT2D eigenvalue weighted by Crippen LogP contribution is 2.15. The van der Waals surface area contributed by atoms with Crippen LogP contribution in [0.15, 0.2) is 0 Å². The van der Waals surface area contributed by atoms with Gasteiger partial charge in [0, 0.05) is 0 Å². The van der Waals surface area contributed by atoms with Gasteiger partial charge in [-0.15, -0.1) is 11.8 Å². The van der Waals surface area contributed by atoms with E-state index in [2.05, 4.69) is 11.8 Å². The fourth-order valence-corrected chi connectivity index (χ4v) is 1.06. The van der Waals surface area contributed by atoms with E-state index in [9.17, 15) is 0 Å². The molecule has 0 nitrogen and oxygen atoms in total. The molecule has 0 unspecified atom stereocenters. The summed E-state index contributed by atoms with van der Waals surface area (Å²) in [4.78, 5) is 0. The lowest BCUT2D eigenvalue weighted by molar-refractivity contribution is 0.504. The summed E-state index contributed by atoms with van der Waals surface area (Å²) in [5, 5.41) is 0. The first kappa shape index (κ1) is 19.2. The second-order valence-electron chi connectivity index (χ2n) is 2.62. The fraction of sp³-hybridized carbons (Fsp3) is 0.857. The molecule has 86 valence electrons. The summed E-state index contributed by atoms with van der Waals surface area (Å²) in [7, 11) is 0. The van der Waals surface area contributed by atoms with E-state index in [4.69, 9.17) is 0 Å². The van der Waals surface area contributed by atoms with Gasteiger partial charge in [-0.05, 0) is 13.8 Å². The molecule has 0 aromatic carbocycles. The molecule has 14 heavy (non-hydrogen) atoms. The van der Waals surface area contributed by atoms with E-state index in [1.165, 1.54) is 38.5 Å². The van der Waals surface area contributed by atoms with E-state index < -0.39 is 0 Å². The first-order valence-electron chi connectivity index (χ1n) is 6.25. The van der Waals surface area contributed by atoms with Crippen LogP contribution in [-0.4, -0.2) is 0 Å². The second kappa shape index (κ2) is 29.4. The Hall–Kier alpha value is -0.440. The molecule has 1 aliphatic carbocycles. The molecule has 1 aliphatic rings. The largest absolute Gasteiger partial charge is 0.107 e. The fourth-order valence-electron chi connectivity index (χ4n) is 1.06. The van der Waals surface area contributed by atoms with Gasteiger partial charge in [0.2, 0.25) is 0 Å². The van der Waals surface area contributed by atoms with Crippen LogP contribution in [0, 0.1) is 11.8 Å². The van der Waals surface area contributed by atoms with Gasteiger partial charge >= 0.3 is 0 Å². The smallest absolute Gasteiger partial charge is 0.00271 e. The summed E-state index contributed by atoms with van der Waals surface area (Å²) in [6.45, 7) is 11.6. The zero-order valence-corrected chi connectivity index (χ0v) is 11.2. The van der Waals surface area contributed by atoms with E-state index >= 15 is 0 Å². The molecule has 1 rings (SSSR count). The second-order valence-corrected chi connectivity index (χ2v) is 2.62. The van der Waals surface area contributed by atoms with Gasteiger partial charge in [-0.3, -0.25) is 0 Å². The van der Waals surface area contributed by atoms with Crippen molar-refractivity contribution in [3.05, 3.63) is 0 Å². The molecular weight excluding hydrogens is 168 g/mol. The topological polar surface area (TPSA) is 0 Å². The van der Waals surface area contributed by atoms with Crippen molar-refractivity contribution < 1.29 is 0 Å². The molecule has 0 bridgehead atoms. The molecule has 0 aromatic heterocycles. The minimum Gasteiger partial charge on any atom is -0.107 e. The number of hydrogen-bond donors (Lipinski definition) is 0. The highest BCUT2D eigenvalue weighted by Gasteiger charge is 1.95. The Bertz CT molecular complexity index is 81.4. The average molecular weight is 198 g/mol. The predicted molar refractivity (Wildman–Crippen MR) is 69.5 cm³/mol. The Morgan fingerprint density at radius 3 is 0.714 bits per heavy atom. The monoisotopic (exact) mass is 198 g/mol. The standard InChI is InChI=1S/C6H12.C4H6.2C2H6/c1-2-4-6-5-3-1;1-3-4-2;2*1-2/h1-6H2;1-2H3;2*1-2H3. The van der Waals surface area contributed by atoms with Crippen LogP contribution in [0.1, 0.15) is 80.1 Å². The third-order valence-electron chi connectivity index (χ3n) is 1.75. The third-order valence-corrected chi connectivity index (χ3v) is 1.75. The predicted octanol–water partition coefficient (Wildman–Crippen LogP) is 5.42. The maximum absolute atomic E-state index is 2.68. The van der Waals surface area contributed by atoms with E-state index in [1.807, 2.05) is 41.5 Å². The van der Waals surface area contributed by atoms with Crippen LogP contribution in [0.4, 0.5) is 0 Å². The van der Waals surface area contributed by atoms with Crippen molar-refractivity contribution in [3.63, 3.8) is 0 Å². The van der Waals surface area contributed by atoms with Crippen LogP contribution in [0.3, 0.4) is 0 Å². The number of rotatable bonds is 0. The molecule has 0 amide bonds. The Labute approximate surface area is 92.5 Å². The van der Waals surface area contributed by atoms with Gasteiger partial charge in [0.05, 0.1) is 0 Å². The van der Waals surface area contributed by atoms with Crippen LogP contribution in [0.25, 0.3) is 0 Å². The first-order chi connectivity index (χ1) is 6.91. The normalized spacial score (nSPS) is 12.1. The first-order valence-corrected chi connectivity index (χ1v) is 6.25. The Morgan fingerprint density at radius 1 is 0.500 bits per heavy atom. The maximum atomic E-state index is 2.68. The molecule has 0 aromatic rings. The molecule has 0 N–H and O–H groups in total. The summed E-state index contributed by atoms with van der Waals surface area (Å²) >= 11 is 0. The van der Waals surface area contributed by atoms with E-state index in [0.29, 0.717) is 0 Å². The third kappa shape index (κ3) is 30.0. The quantitative estimate of drug-likeness (QED) is 0.456. The van der Waals surface area contributed by atoms with Gasteiger partial charge in [0.1, 0.15) is 0 Å². The zero-order chi connectivity index (χ0) is 11.7. The van der Waals surface area contributed by atoms with Crippen molar-refractivity contribution in [3.8, 4) is 11.8 Å². The van der Waals surface area contributed by atoms with Crippen LogP contribution < -0.4 is 0 Å². The lowest BCUT2D eigenvalue weighted by Gasteiger charge is -2.05. The van der Waals surface area contributed by atoms with Crippen LogP contribution in [-0.2, 0) is 0 Å². The minimum absolute atomic E-state index is 1.50. The highest BCUT2D eigenvalue weighted by atomic mass is 14.0. The van der Waals surface area contributed by atoms with Crippen molar-refractivity contribution in [2.75, 3.05) is 0 Å². The van der Waals surface area contributed by atoms with Crippen LogP contribution in [0.2, 0.25) is 0 Å². The Balaban J connectivity index is -0.000000134.